The number of nitro benzene ring substituents is 1. The monoisotopic (exact) mass is 388 g/mol. The highest BCUT2D eigenvalue weighted by Gasteiger charge is 2.43. The van der Waals surface area contributed by atoms with Crippen molar-refractivity contribution in [3.63, 3.8) is 0 Å². The first kappa shape index (κ1) is 18.8. The maximum Gasteiger partial charge on any atom is 0.270 e. The molecule has 0 bridgehead atoms. The van der Waals surface area contributed by atoms with Crippen molar-refractivity contribution < 1.29 is 14.8 Å². The fourth-order valence-corrected chi connectivity index (χ4v) is 4.06. The SMILES string of the molecule is C#COc1ccc2c(c1)C(O)C(C)(C)C(c1cccc3ccc([N+](=O)[O-])cc13)N2. The van der Waals surface area contributed by atoms with Gasteiger partial charge in [-0.25, -0.2) is 0 Å². The standard InChI is InChI=1S/C23H20N2O4/c1-4-29-16-10-11-20-19(13-16)22(26)23(2,3)21(24-20)17-7-5-6-14-8-9-15(25(27)28)12-18(14)17/h1,5-13,21-22,24,26H,2-3H3. The number of benzene rings is 3. The predicted molar refractivity (Wildman–Crippen MR) is 112 cm³/mol. The number of nitrogens with one attached hydrogen (secondary N) is 1. The number of anilines is 1. The van der Waals surface area contributed by atoms with E-state index >= 15 is 0 Å². The molecule has 1 aliphatic heterocycles. The van der Waals surface area contributed by atoms with Gasteiger partial charge in [0.1, 0.15) is 11.9 Å². The summed E-state index contributed by atoms with van der Waals surface area (Å²) in [5.41, 5.74) is 1.79. The predicted octanol–water partition coefficient (Wildman–Crippen LogP) is 4.94. The third-order valence-corrected chi connectivity index (χ3v) is 5.66. The zero-order valence-electron chi connectivity index (χ0n) is 16.0. The smallest absolute Gasteiger partial charge is 0.270 e. The highest BCUT2D eigenvalue weighted by Crippen LogP contribution is 2.53. The van der Waals surface area contributed by atoms with E-state index in [-0.39, 0.29) is 11.7 Å². The number of non-ortho nitro benzene ring substituents is 1. The van der Waals surface area contributed by atoms with Crippen molar-refractivity contribution in [3.05, 3.63) is 75.8 Å². The van der Waals surface area contributed by atoms with Gasteiger partial charge in [-0.15, -0.1) is 0 Å². The van der Waals surface area contributed by atoms with Crippen LogP contribution in [0, 0.1) is 28.1 Å². The Labute approximate surface area is 168 Å². The Kier molecular flexibility index (Phi) is 4.40. The Morgan fingerprint density at radius 3 is 2.69 bits per heavy atom. The van der Waals surface area contributed by atoms with Gasteiger partial charge in [-0.1, -0.05) is 38.5 Å². The quantitative estimate of drug-likeness (QED) is 0.377. The van der Waals surface area contributed by atoms with Crippen molar-refractivity contribution in [2.45, 2.75) is 26.0 Å². The third kappa shape index (κ3) is 3.06. The molecule has 0 fully saturated rings. The van der Waals surface area contributed by atoms with E-state index in [9.17, 15) is 15.2 Å². The van der Waals surface area contributed by atoms with Crippen LogP contribution in [-0.2, 0) is 0 Å². The van der Waals surface area contributed by atoms with Gasteiger partial charge in [-0.2, -0.15) is 0 Å². The van der Waals surface area contributed by atoms with E-state index in [2.05, 4.69) is 11.4 Å². The van der Waals surface area contributed by atoms with Crippen LogP contribution in [0.15, 0.2) is 54.6 Å². The lowest BCUT2D eigenvalue weighted by Gasteiger charge is -2.45. The van der Waals surface area contributed by atoms with Gasteiger partial charge in [0.2, 0.25) is 0 Å². The van der Waals surface area contributed by atoms with Crippen LogP contribution in [0.5, 0.6) is 5.75 Å². The van der Waals surface area contributed by atoms with Crippen LogP contribution in [-0.4, -0.2) is 10.0 Å². The number of hydrogen-bond donors (Lipinski definition) is 2. The molecule has 3 aromatic carbocycles. The lowest BCUT2D eigenvalue weighted by atomic mass is 9.70. The Balaban J connectivity index is 1.86. The van der Waals surface area contributed by atoms with E-state index in [4.69, 9.17) is 11.2 Å². The first-order chi connectivity index (χ1) is 13.8. The summed E-state index contributed by atoms with van der Waals surface area (Å²) in [4.78, 5) is 10.9. The van der Waals surface area contributed by atoms with Crippen molar-refractivity contribution in [1.82, 2.24) is 0 Å². The second-order valence-electron chi connectivity index (χ2n) is 7.78. The average Bonchev–Trinajstić information content (AvgIpc) is 2.70. The fraction of sp³-hybridized carbons (Fsp3) is 0.217. The average molecular weight is 388 g/mol. The second-order valence-corrected chi connectivity index (χ2v) is 7.78. The molecule has 1 aliphatic rings. The van der Waals surface area contributed by atoms with E-state index in [1.165, 1.54) is 6.07 Å². The van der Waals surface area contributed by atoms with Gasteiger partial charge in [-0.3, -0.25) is 10.1 Å². The zero-order chi connectivity index (χ0) is 20.8. The minimum atomic E-state index is -0.793. The van der Waals surface area contributed by atoms with Crippen molar-refractivity contribution >= 4 is 22.1 Å². The van der Waals surface area contributed by atoms with Crippen molar-refractivity contribution in [1.29, 1.82) is 0 Å². The first-order valence-electron chi connectivity index (χ1n) is 9.21. The van der Waals surface area contributed by atoms with Crippen LogP contribution in [0.3, 0.4) is 0 Å². The molecule has 29 heavy (non-hydrogen) atoms. The van der Waals surface area contributed by atoms with Crippen LogP contribution in [0.1, 0.15) is 37.1 Å². The summed E-state index contributed by atoms with van der Waals surface area (Å²) in [6.45, 7) is 3.92. The Morgan fingerprint density at radius 2 is 1.97 bits per heavy atom. The van der Waals surface area contributed by atoms with Crippen LogP contribution < -0.4 is 10.1 Å². The minimum Gasteiger partial charge on any atom is -0.408 e. The summed E-state index contributed by atoms with van der Waals surface area (Å²) < 4.78 is 5.12. The third-order valence-electron chi connectivity index (χ3n) is 5.66. The Morgan fingerprint density at radius 1 is 1.17 bits per heavy atom. The van der Waals surface area contributed by atoms with Crippen LogP contribution in [0.4, 0.5) is 11.4 Å². The molecular weight excluding hydrogens is 368 g/mol. The largest absolute Gasteiger partial charge is 0.408 e. The summed E-state index contributed by atoms with van der Waals surface area (Å²) in [6.07, 6.45) is 6.56. The molecule has 0 saturated heterocycles. The molecule has 0 amide bonds. The molecule has 0 saturated carbocycles. The first-order valence-corrected chi connectivity index (χ1v) is 9.21. The highest BCUT2D eigenvalue weighted by molar-refractivity contribution is 5.88. The van der Waals surface area contributed by atoms with Crippen LogP contribution >= 0.6 is 0 Å². The molecule has 0 spiro atoms. The molecule has 2 unspecified atom stereocenters. The summed E-state index contributed by atoms with van der Waals surface area (Å²) >= 11 is 0. The van der Waals surface area contributed by atoms with E-state index < -0.39 is 16.4 Å². The van der Waals surface area contributed by atoms with E-state index in [0.29, 0.717) is 11.3 Å². The van der Waals surface area contributed by atoms with Crippen molar-refractivity contribution in [2.75, 3.05) is 5.32 Å². The number of aliphatic hydroxyl groups is 1. The minimum absolute atomic E-state index is 0.0376. The summed E-state index contributed by atoms with van der Waals surface area (Å²) in [7, 11) is 0. The summed E-state index contributed by atoms with van der Waals surface area (Å²) in [5.74, 6) is 0.488. The van der Waals surface area contributed by atoms with Crippen molar-refractivity contribution in [2.24, 2.45) is 5.41 Å². The number of nitrogens with zero attached hydrogens (tertiary/aromatic N) is 1. The van der Waals surface area contributed by atoms with Gasteiger partial charge in [-0.05, 0) is 40.6 Å². The molecule has 6 heteroatoms. The maximum atomic E-state index is 11.3. The number of aliphatic hydroxyl groups excluding tert-OH is 1. The lowest BCUT2D eigenvalue weighted by molar-refractivity contribution is -0.384. The molecule has 0 aromatic heterocycles. The van der Waals surface area contributed by atoms with Crippen molar-refractivity contribution in [3.8, 4) is 18.3 Å². The number of ether oxygens (including phenoxy) is 1. The molecule has 4 rings (SSSR count). The van der Waals surface area contributed by atoms with Gasteiger partial charge in [0.15, 0.2) is 0 Å². The van der Waals surface area contributed by atoms with Crippen LogP contribution in [0.2, 0.25) is 0 Å². The van der Waals surface area contributed by atoms with E-state index in [1.807, 2.05) is 38.1 Å². The zero-order valence-corrected chi connectivity index (χ0v) is 16.0. The molecule has 6 nitrogen and oxygen atoms in total. The van der Waals surface area contributed by atoms with Gasteiger partial charge in [0.05, 0.1) is 17.1 Å². The molecular formula is C23H20N2O4. The Bertz CT molecular complexity index is 1160. The molecule has 0 aliphatic carbocycles. The topological polar surface area (TPSA) is 84.6 Å². The normalized spacial score (nSPS) is 19.7. The van der Waals surface area contributed by atoms with E-state index in [0.717, 1.165) is 22.0 Å². The van der Waals surface area contributed by atoms with E-state index in [1.54, 1.807) is 24.3 Å². The molecule has 0 radical (unpaired) electrons. The number of fused-ring (bicyclic) bond motifs is 2. The second kappa shape index (κ2) is 6.80. The van der Waals surface area contributed by atoms with Gasteiger partial charge < -0.3 is 15.2 Å². The number of terminal acetylenes is 1. The Hall–Kier alpha value is -3.56. The van der Waals surface area contributed by atoms with Gasteiger partial charge in [0, 0.05) is 28.8 Å². The number of hydrogen-bond acceptors (Lipinski definition) is 5. The van der Waals surface area contributed by atoms with Crippen LogP contribution in [0.25, 0.3) is 10.8 Å². The molecule has 3 aromatic rings. The summed E-state index contributed by atoms with van der Waals surface area (Å²) in [6, 6.07) is 15.7. The molecule has 2 atom stereocenters. The summed E-state index contributed by atoms with van der Waals surface area (Å²) in [5, 5.41) is 27.7. The van der Waals surface area contributed by atoms with Gasteiger partial charge >= 0.3 is 0 Å². The number of nitro groups is 1. The molecule has 146 valence electrons. The fourth-order valence-electron chi connectivity index (χ4n) is 4.06. The van der Waals surface area contributed by atoms with Gasteiger partial charge in [0.25, 0.3) is 5.69 Å². The maximum absolute atomic E-state index is 11.3. The number of rotatable bonds is 3. The highest BCUT2D eigenvalue weighted by atomic mass is 16.6. The molecule has 1 heterocycles. The lowest BCUT2D eigenvalue weighted by Crippen LogP contribution is -2.38. The molecule has 2 N–H and O–H groups in total.